The van der Waals surface area contributed by atoms with E-state index in [0.717, 1.165) is 30.9 Å². The van der Waals surface area contributed by atoms with Crippen LogP contribution in [0.3, 0.4) is 0 Å². The van der Waals surface area contributed by atoms with Crippen molar-refractivity contribution in [2.75, 3.05) is 24.5 Å². The lowest BCUT2D eigenvalue weighted by molar-refractivity contribution is 0.540. The zero-order valence-electron chi connectivity index (χ0n) is 12.8. The van der Waals surface area contributed by atoms with Gasteiger partial charge in [-0.15, -0.1) is 0 Å². The monoisotopic (exact) mass is 271 g/mol. The average Bonchev–Trinajstić information content (AvgIpc) is 2.90. The number of nitrogens with one attached hydrogen (secondary N) is 1. The Labute approximate surface area is 122 Å². The Balaban J connectivity index is 2.28. The predicted octanol–water partition coefficient (Wildman–Crippen LogP) is 3.08. The maximum atomic E-state index is 9.39. The molecule has 1 aliphatic rings. The molecule has 0 amide bonds. The fourth-order valence-electron chi connectivity index (χ4n) is 3.05. The van der Waals surface area contributed by atoms with Crippen molar-refractivity contribution in [1.82, 2.24) is 5.32 Å². The van der Waals surface area contributed by atoms with Crippen LogP contribution in [0.1, 0.15) is 37.8 Å². The zero-order valence-corrected chi connectivity index (χ0v) is 12.8. The quantitative estimate of drug-likeness (QED) is 0.894. The van der Waals surface area contributed by atoms with Gasteiger partial charge in [0, 0.05) is 19.1 Å². The molecule has 1 N–H and O–H groups in total. The summed E-state index contributed by atoms with van der Waals surface area (Å²) >= 11 is 0. The van der Waals surface area contributed by atoms with E-state index in [1.54, 1.807) is 0 Å². The molecule has 0 aromatic heterocycles. The largest absolute Gasteiger partial charge is 0.368 e. The van der Waals surface area contributed by atoms with E-state index >= 15 is 0 Å². The molecular formula is C17H25N3. The summed E-state index contributed by atoms with van der Waals surface area (Å²) in [7, 11) is 0. The molecule has 1 saturated heterocycles. The van der Waals surface area contributed by atoms with Gasteiger partial charge >= 0.3 is 0 Å². The molecule has 1 atom stereocenters. The van der Waals surface area contributed by atoms with Crippen molar-refractivity contribution in [2.24, 2.45) is 5.92 Å². The molecule has 0 aliphatic carbocycles. The first-order chi connectivity index (χ1) is 9.61. The highest BCUT2D eigenvalue weighted by Crippen LogP contribution is 2.26. The van der Waals surface area contributed by atoms with E-state index in [1.807, 2.05) is 12.1 Å². The molecule has 108 valence electrons. The van der Waals surface area contributed by atoms with Crippen LogP contribution >= 0.6 is 0 Å². The number of nitrogens with zero attached hydrogens (tertiary/aromatic N) is 2. The second-order valence-corrected chi connectivity index (χ2v) is 6.17. The third-order valence-electron chi connectivity index (χ3n) is 3.86. The van der Waals surface area contributed by atoms with Crippen LogP contribution in [-0.2, 0) is 0 Å². The van der Waals surface area contributed by atoms with Crippen LogP contribution in [0.25, 0.3) is 0 Å². The van der Waals surface area contributed by atoms with Gasteiger partial charge in [0.05, 0.1) is 11.3 Å². The molecule has 1 aliphatic heterocycles. The number of rotatable bonds is 5. The Bertz CT molecular complexity index is 481. The number of anilines is 1. The zero-order chi connectivity index (χ0) is 14.5. The molecule has 1 fully saturated rings. The summed E-state index contributed by atoms with van der Waals surface area (Å²) in [6.07, 6.45) is 2.50. The predicted molar refractivity (Wildman–Crippen MR) is 84.0 cm³/mol. The van der Waals surface area contributed by atoms with Crippen molar-refractivity contribution in [1.29, 1.82) is 5.26 Å². The van der Waals surface area contributed by atoms with Gasteiger partial charge < -0.3 is 10.2 Å². The fraction of sp³-hybridized carbons (Fsp3) is 0.588. The molecule has 1 aromatic carbocycles. The first-order valence-electron chi connectivity index (χ1n) is 7.60. The fourth-order valence-corrected chi connectivity index (χ4v) is 3.05. The molecule has 20 heavy (non-hydrogen) atoms. The Kier molecular flexibility index (Phi) is 5.03. The van der Waals surface area contributed by atoms with Crippen LogP contribution in [0.4, 0.5) is 5.69 Å². The highest BCUT2D eigenvalue weighted by molar-refractivity contribution is 5.64. The molecule has 3 nitrogen and oxygen atoms in total. The first kappa shape index (κ1) is 14.9. The summed E-state index contributed by atoms with van der Waals surface area (Å²) in [5.41, 5.74) is 3.11. The van der Waals surface area contributed by atoms with E-state index in [0.29, 0.717) is 12.0 Å². The lowest BCUT2D eigenvalue weighted by Crippen LogP contribution is -2.40. The molecule has 0 bridgehead atoms. The van der Waals surface area contributed by atoms with Gasteiger partial charge in [0.25, 0.3) is 0 Å². The van der Waals surface area contributed by atoms with Crippen LogP contribution in [0.15, 0.2) is 18.2 Å². The van der Waals surface area contributed by atoms with Gasteiger partial charge in [-0.2, -0.15) is 5.26 Å². The first-order valence-corrected chi connectivity index (χ1v) is 7.60. The van der Waals surface area contributed by atoms with E-state index in [4.69, 9.17) is 0 Å². The van der Waals surface area contributed by atoms with Gasteiger partial charge in [0.1, 0.15) is 6.07 Å². The number of aryl methyl sites for hydroxylation is 1. The molecule has 3 heteroatoms. The van der Waals surface area contributed by atoms with Crippen molar-refractivity contribution in [3.8, 4) is 6.07 Å². The minimum atomic E-state index is 0.555. The summed E-state index contributed by atoms with van der Waals surface area (Å²) in [5.74, 6) is 0.586. The minimum absolute atomic E-state index is 0.555. The van der Waals surface area contributed by atoms with E-state index in [-0.39, 0.29) is 0 Å². The maximum Gasteiger partial charge on any atom is 0.101 e. The normalized spacial score (nSPS) is 18.2. The molecule has 2 rings (SSSR count). The molecule has 0 radical (unpaired) electrons. The third-order valence-corrected chi connectivity index (χ3v) is 3.86. The standard InChI is InChI=1S/C17H25N3/c1-13(2)11-20(12-16-8-5-9-19-16)17-14(3)6-4-7-15(17)10-18/h4,6-7,13,16,19H,5,8-9,11-12H2,1-3H3. The van der Waals surface area contributed by atoms with Gasteiger partial charge in [-0.3, -0.25) is 0 Å². The van der Waals surface area contributed by atoms with Crippen molar-refractivity contribution in [3.63, 3.8) is 0 Å². The van der Waals surface area contributed by atoms with Gasteiger partial charge in [0.2, 0.25) is 0 Å². The number of para-hydroxylation sites is 1. The summed E-state index contributed by atoms with van der Waals surface area (Å²) in [6, 6.07) is 8.91. The van der Waals surface area contributed by atoms with Gasteiger partial charge in [0.15, 0.2) is 0 Å². The van der Waals surface area contributed by atoms with Crippen molar-refractivity contribution in [3.05, 3.63) is 29.3 Å². The number of benzene rings is 1. The summed E-state index contributed by atoms with van der Waals surface area (Å²) < 4.78 is 0. The number of hydrogen-bond acceptors (Lipinski definition) is 3. The van der Waals surface area contributed by atoms with Crippen molar-refractivity contribution >= 4 is 5.69 Å². The Morgan fingerprint density at radius 3 is 2.85 bits per heavy atom. The molecule has 0 saturated carbocycles. The van der Waals surface area contributed by atoms with Gasteiger partial charge in [-0.05, 0) is 43.9 Å². The highest BCUT2D eigenvalue weighted by Gasteiger charge is 2.21. The topological polar surface area (TPSA) is 39.1 Å². The lowest BCUT2D eigenvalue weighted by Gasteiger charge is -2.31. The SMILES string of the molecule is Cc1cccc(C#N)c1N(CC(C)C)CC1CCCN1. The van der Waals surface area contributed by atoms with Gasteiger partial charge in [-0.25, -0.2) is 0 Å². The Morgan fingerprint density at radius 1 is 1.45 bits per heavy atom. The second-order valence-electron chi connectivity index (χ2n) is 6.17. The van der Waals surface area contributed by atoms with Crippen molar-refractivity contribution < 1.29 is 0 Å². The van der Waals surface area contributed by atoms with Gasteiger partial charge in [-0.1, -0.05) is 26.0 Å². The highest BCUT2D eigenvalue weighted by atomic mass is 15.2. The smallest absolute Gasteiger partial charge is 0.101 e. The average molecular weight is 271 g/mol. The minimum Gasteiger partial charge on any atom is -0.368 e. The summed E-state index contributed by atoms with van der Waals surface area (Å²) in [4.78, 5) is 2.40. The van der Waals surface area contributed by atoms with Crippen LogP contribution in [0.5, 0.6) is 0 Å². The third kappa shape index (κ3) is 3.52. The van der Waals surface area contributed by atoms with Crippen LogP contribution < -0.4 is 10.2 Å². The Morgan fingerprint density at radius 2 is 2.25 bits per heavy atom. The van der Waals surface area contributed by atoms with E-state index in [9.17, 15) is 5.26 Å². The molecule has 1 unspecified atom stereocenters. The number of hydrogen-bond donors (Lipinski definition) is 1. The van der Waals surface area contributed by atoms with Crippen LogP contribution in [0, 0.1) is 24.2 Å². The summed E-state index contributed by atoms with van der Waals surface area (Å²) in [5, 5.41) is 13.0. The maximum absolute atomic E-state index is 9.39. The molecular weight excluding hydrogens is 246 g/mol. The summed E-state index contributed by atoms with van der Waals surface area (Å²) in [6.45, 7) is 9.69. The van der Waals surface area contributed by atoms with E-state index in [1.165, 1.54) is 18.4 Å². The van der Waals surface area contributed by atoms with Crippen molar-refractivity contribution in [2.45, 2.75) is 39.7 Å². The van der Waals surface area contributed by atoms with Crippen LogP contribution in [0.2, 0.25) is 0 Å². The molecule has 1 aromatic rings. The van der Waals surface area contributed by atoms with Crippen LogP contribution in [-0.4, -0.2) is 25.7 Å². The molecule has 1 heterocycles. The van der Waals surface area contributed by atoms with E-state index < -0.39 is 0 Å². The second kappa shape index (κ2) is 6.76. The molecule has 0 spiro atoms. The Hall–Kier alpha value is -1.53. The van der Waals surface area contributed by atoms with E-state index in [2.05, 4.69) is 43.1 Å². The number of nitriles is 1. The lowest BCUT2D eigenvalue weighted by atomic mass is 10.0.